The zero-order valence-corrected chi connectivity index (χ0v) is 64.1. The standard InChI is InChI=1S/C48H59N2.2C21H23.C2H4.Zr/c1-13-31-29-41-37(33-21-25-35(26-22-33)47(3,4)5)17-15-19-39(41)43(31)45(46(49(9)10)50(11)12)44-32(14-2)30-42-38(18-16-20-40(42)44)34-23-27-36(28-24-34)48(6,7)8;2*1-5-15-13-17-7-6-8-19(20(17)14-15)16-9-11-18(12-10-16)21(2,3)4;1-2;/h15-30,43-45H,13-14H2,1-12H3;2*6-14H,5H2,1-4H3;1H,2H3;/q3*-1;;. The molecule has 0 spiro atoms. The Bertz CT molecular complexity index is 4000. The Morgan fingerprint density at radius 2 is 0.674 bits per heavy atom. The molecule has 2 aliphatic carbocycles. The summed E-state index contributed by atoms with van der Waals surface area (Å²) >= 11 is 1.51. The Morgan fingerprint density at radius 1 is 0.400 bits per heavy atom. The number of hydrogen-bond donors (Lipinski definition) is 0. The van der Waals surface area contributed by atoms with Crippen molar-refractivity contribution in [1.29, 1.82) is 0 Å². The molecule has 2 atom stereocenters. The Labute approximate surface area is 589 Å². The van der Waals surface area contributed by atoms with Gasteiger partial charge in [-0.05, 0) is 165 Å². The second kappa shape index (κ2) is 30.3. The van der Waals surface area contributed by atoms with E-state index in [-0.39, 0.29) is 39.4 Å². The van der Waals surface area contributed by atoms with E-state index in [9.17, 15) is 0 Å². The van der Waals surface area contributed by atoms with Gasteiger partial charge in [-0.3, -0.25) is 0 Å². The van der Waals surface area contributed by atoms with Crippen molar-refractivity contribution in [3.63, 3.8) is 0 Å². The van der Waals surface area contributed by atoms with Gasteiger partial charge in [0.1, 0.15) is 0 Å². The molecule has 0 N–H and O–H groups in total. The third kappa shape index (κ3) is 16.3. The SMILES string of the molecule is CCC1=Cc2c(-c3ccc(C(C)(C)C)cc3)cccc2C1C([C-](N(C)C)N(C)C)C1C(CC)=Cc2c(-c3ccc(C(C)(C)C)cc3)cccc21.CCc1cc2c(-c3ccc(C(C)(C)C)cc3)cccc2[cH-]1.CCc1cc2c(-c3ccc(C(C)(C)C)cc3)cccc2[cH-]1.C[CH]=[Zr]. The first-order chi connectivity index (χ1) is 45.0. The molecule has 2 unspecified atom stereocenters. The maximum atomic E-state index is 2.54. The molecular formula is C92H109N2Zr-3. The van der Waals surface area contributed by atoms with Gasteiger partial charge in [-0.25, -0.2) is 0 Å². The van der Waals surface area contributed by atoms with Crippen LogP contribution in [0, 0.1) is 12.1 Å². The van der Waals surface area contributed by atoms with Crippen molar-refractivity contribution in [2.45, 2.75) is 177 Å². The van der Waals surface area contributed by atoms with E-state index in [1.807, 2.05) is 6.92 Å². The first-order valence-electron chi connectivity index (χ1n) is 35.2. The summed E-state index contributed by atoms with van der Waals surface area (Å²) in [5.41, 5.74) is 28.4. The summed E-state index contributed by atoms with van der Waals surface area (Å²) in [7, 11) is 8.94. The normalized spacial score (nSPS) is 14.9. The number of nitrogens with zero attached hydrogens (tertiary/aromatic N) is 2. The summed E-state index contributed by atoms with van der Waals surface area (Å²) in [6.45, 7) is 38.5. The number of benzene rings is 8. The molecule has 2 aliphatic rings. The van der Waals surface area contributed by atoms with E-state index in [1.165, 1.54) is 163 Å². The molecular weight excluding hydrogens is 1220 g/mol. The van der Waals surface area contributed by atoms with Gasteiger partial charge in [-0.1, -0.05) is 291 Å². The Balaban J connectivity index is 0.000000192. The van der Waals surface area contributed by atoms with E-state index in [2.05, 4.69) is 359 Å². The van der Waals surface area contributed by atoms with Crippen LogP contribution in [-0.2, 0) is 58.7 Å². The number of aryl methyl sites for hydroxylation is 2. The van der Waals surface area contributed by atoms with Crippen LogP contribution in [-0.4, -0.2) is 41.7 Å². The van der Waals surface area contributed by atoms with Gasteiger partial charge < -0.3 is 9.80 Å². The van der Waals surface area contributed by atoms with E-state index in [0.717, 1.165) is 25.7 Å². The second-order valence-electron chi connectivity index (χ2n) is 31.0. The van der Waals surface area contributed by atoms with Crippen LogP contribution < -0.4 is 0 Å². The van der Waals surface area contributed by atoms with Gasteiger partial charge >= 0.3 is 34.9 Å². The predicted octanol–water partition coefficient (Wildman–Crippen LogP) is 24.9. The number of fused-ring (bicyclic) bond motifs is 4. The van der Waals surface area contributed by atoms with E-state index >= 15 is 0 Å². The summed E-state index contributed by atoms with van der Waals surface area (Å²) in [5.74, 6) is 0.769. The van der Waals surface area contributed by atoms with E-state index in [0.29, 0.717) is 0 Å². The Kier molecular flexibility index (Phi) is 23.1. The predicted molar refractivity (Wildman–Crippen MR) is 415 cm³/mol. The topological polar surface area (TPSA) is 6.48 Å². The van der Waals surface area contributed by atoms with Crippen LogP contribution in [0.2, 0.25) is 0 Å². The van der Waals surface area contributed by atoms with Crippen LogP contribution >= 0.6 is 0 Å². The van der Waals surface area contributed by atoms with Gasteiger partial charge in [-0.15, -0.1) is 75.0 Å². The van der Waals surface area contributed by atoms with Gasteiger partial charge in [-0.2, -0.15) is 18.3 Å². The fraction of sp³-hybridized carbons (Fsp3) is 0.348. The van der Waals surface area contributed by atoms with Crippen molar-refractivity contribution in [3.05, 3.63) is 267 Å². The van der Waals surface area contributed by atoms with Crippen molar-refractivity contribution in [2.24, 2.45) is 5.92 Å². The molecule has 0 saturated heterocycles. The molecule has 0 amide bonds. The fourth-order valence-electron chi connectivity index (χ4n) is 14.6. The van der Waals surface area contributed by atoms with Crippen molar-refractivity contribution >= 4 is 37.4 Å². The second-order valence-corrected chi connectivity index (χ2v) is 32.5. The molecule has 0 radical (unpaired) electrons. The number of rotatable bonds is 13. The van der Waals surface area contributed by atoms with Crippen molar-refractivity contribution in [2.75, 3.05) is 28.2 Å². The first kappa shape index (κ1) is 72.4. The number of hydrogen-bond acceptors (Lipinski definition) is 2. The molecule has 0 saturated carbocycles. The van der Waals surface area contributed by atoms with E-state index in [1.54, 1.807) is 0 Å². The van der Waals surface area contributed by atoms with Gasteiger partial charge in [0.25, 0.3) is 0 Å². The fourth-order valence-corrected chi connectivity index (χ4v) is 14.6. The molecule has 0 aromatic heterocycles. The number of allylic oxidation sites excluding steroid dienone is 2. The van der Waals surface area contributed by atoms with Crippen LogP contribution in [0.15, 0.2) is 205 Å². The monoisotopic (exact) mass is 1330 g/mol. The third-order valence-electron chi connectivity index (χ3n) is 19.8. The van der Waals surface area contributed by atoms with Crippen LogP contribution in [0.4, 0.5) is 0 Å². The van der Waals surface area contributed by atoms with Gasteiger partial charge in [0.15, 0.2) is 0 Å². The van der Waals surface area contributed by atoms with Crippen LogP contribution in [0.3, 0.4) is 0 Å². The minimum absolute atomic E-state index is 0.132. The van der Waals surface area contributed by atoms with Crippen LogP contribution in [0.1, 0.15) is 198 Å². The zero-order chi connectivity index (χ0) is 68.9. The molecule has 10 aromatic carbocycles. The maximum absolute atomic E-state index is 2.54. The molecule has 2 nitrogen and oxygen atoms in total. The molecule has 0 fully saturated rings. The molecule has 3 heteroatoms. The first-order valence-corrected chi connectivity index (χ1v) is 36.6. The average Bonchev–Trinajstić information content (AvgIpc) is 1.59. The third-order valence-corrected chi connectivity index (χ3v) is 19.8. The minimum atomic E-state index is 0.132. The van der Waals surface area contributed by atoms with E-state index in [4.69, 9.17) is 0 Å². The quantitative estimate of drug-likeness (QED) is 0.106. The summed E-state index contributed by atoms with van der Waals surface area (Å²) in [6, 6.07) is 73.3. The Hall–Kier alpha value is -6.87. The van der Waals surface area contributed by atoms with Crippen molar-refractivity contribution in [1.82, 2.24) is 9.80 Å². The van der Waals surface area contributed by atoms with Gasteiger partial charge in [0.05, 0.1) is 0 Å². The zero-order valence-electron chi connectivity index (χ0n) is 61.7. The molecule has 0 aliphatic heterocycles. The van der Waals surface area contributed by atoms with Crippen LogP contribution in [0.5, 0.6) is 0 Å². The molecule has 494 valence electrons. The van der Waals surface area contributed by atoms with E-state index < -0.39 is 0 Å². The summed E-state index contributed by atoms with van der Waals surface area (Å²) < 4.78 is 2.09. The van der Waals surface area contributed by atoms with Crippen molar-refractivity contribution in [3.8, 4) is 44.5 Å². The molecule has 10 aromatic rings. The molecule has 95 heavy (non-hydrogen) atoms. The van der Waals surface area contributed by atoms with Crippen molar-refractivity contribution < 1.29 is 24.2 Å². The summed E-state index contributed by atoms with van der Waals surface area (Å²) in [5, 5.41) is 5.45. The van der Waals surface area contributed by atoms with Gasteiger partial charge in [0, 0.05) is 0 Å². The summed E-state index contributed by atoms with van der Waals surface area (Å²) in [6.07, 6.45) is 10.7. The molecule has 0 heterocycles. The molecule has 12 rings (SSSR count). The van der Waals surface area contributed by atoms with Crippen LogP contribution in [0.25, 0.3) is 78.2 Å². The Morgan fingerprint density at radius 3 is 0.937 bits per heavy atom. The molecule has 0 bridgehead atoms. The van der Waals surface area contributed by atoms with Gasteiger partial charge in [0.2, 0.25) is 0 Å². The average molecular weight is 1330 g/mol. The summed E-state index contributed by atoms with van der Waals surface area (Å²) in [4.78, 5) is 4.76.